The van der Waals surface area contributed by atoms with Crippen molar-refractivity contribution in [2.75, 3.05) is 12.3 Å². The number of pyridine rings is 1. The van der Waals surface area contributed by atoms with E-state index in [-0.39, 0.29) is 17.9 Å². The molecule has 0 aliphatic carbocycles. The number of anilines is 1. The van der Waals surface area contributed by atoms with Crippen molar-refractivity contribution in [2.45, 2.75) is 13.3 Å². The van der Waals surface area contributed by atoms with Crippen LogP contribution in [-0.2, 0) is 4.74 Å². The maximum absolute atomic E-state index is 12.4. The van der Waals surface area contributed by atoms with E-state index in [1.165, 1.54) is 0 Å². The van der Waals surface area contributed by atoms with Gasteiger partial charge in [0.25, 0.3) is 6.43 Å². The molecule has 4 nitrogen and oxygen atoms in total. The van der Waals surface area contributed by atoms with Gasteiger partial charge in [0.05, 0.1) is 17.9 Å². The zero-order valence-corrected chi connectivity index (χ0v) is 8.04. The molecule has 0 aliphatic rings. The Morgan fingerprint density at radius 2 is 2.27 bits per heavy atom. The molecule has 1 aromatic heterocycles. The minimum absolute atomic E-state index is 0.130. The van der Waals surface area contributed by atoms with Gasteiger partial charge in [-0.3, -0.25) is 4.98 Å². The van der Waals surface area contributed by atoms with Crippen molar-refractivity contribution in [3.63, 3.8) is 0 Å². The number of hydrogen-bond donors (Lipinski definition) is 1. The Hall–Kier alpha value is -1.72. The highest BCUT2D eigenvalue weighted by molar-refractivity contribution is 5.95. The Morgan fingerprint density at radius 3 is 2.80 bits per heavy atom. The number of nitrogens with zero attached hydrogens (tertiary/aromatic N) is 1. The van der Waals surface area contributed by atoms with Gasteiger partial charge >= 0.3 is 5.97 Å². The van der Waals surface area contributed by atoms with Crippen molar-refractivity contribution in [3.05, 3.63) is 23.5 Å². The number of ether oxygens (including phenoxy) is 1. The molecule has 0 bridgehead atoms. The van der Waals surface area contributed by atoms with E-state index < -0.39 is 18.0 Å². The fourth-order valence-corrected chi connectivity index (χ4v) is 1.03. The smallest absolute Gasteiger partial charge is 0.341 e. The van der Waals surface area contributed by atoms with Crippen LogP contribution in [-0.4, -0.2) is 17.6 Å². The molecule has 2 N–H and O–H groups in total. The van der Waals surface area contributed by atoms with E-state index in [4.69, 9.17) is 5.73 Å². The van der Waals surface area contributed by atoms with Crippen molar-refractivity contribution in [1.29, 1.82) is 0 Å². The minimum Gasteiger partial charge on any atom is -0.462 e. The monoisotopic (exact) mass is 216 g/mol. The van der Waals surface area contributed by atoms with E-state index in [0.29, 0.717) is 0 Å². The van der Waals surface area contributed by atoms with Crippen LogP contribution in [0.25, 0.3) is 0 Å². The molecule has 1 aromatic rings. The van der Waals surface area contributed by atoms with Crippen LogP contribution in [0.1, 0.15) is 29.3 Å². The average molecular weight is 216 g/mol. The van der Waals surface area contributed by atoms with Gasteiger partial charge in [-0.1, -0.05) is 0 Å². The number of carbonyl (C=O) groups excluding carboxylic acids is 1. The van der Waals surface area contributed by atoms with Crippen LogP contribution in [0, 0.1) is 0 Å². The summed E-state index contributed by atoms with van der Waals surface area (Å²) < 4.78 is 29.4. The molecule has 0 saturated heterocycles. The van der Waals surface area contributed by atoms with Crippen LogP contribution < -0.4 is 5.73 Å². The molecule has 0 radical (unpaired) electrons. The van der Waals surface area contributed by atoms with Crippen LogP contribution in [0.3, 0.4) is 0 Å². The topological polar surface area (TPSA) is 65.2 Å². The number of nitrogens with two attached hydrogens (primary N) is 1. The second kappa shape index (κ2) is 4.68. The average Bonchev–Trinajstić information content (AvgIpc) is 2.17. The number of rotatable bonds is 3. The number of nitrogen functional groups attached to an aromatic ring is 1. The standard InChI is InChI=1S/C9H10F2N2O2/c1-2-15-9(14)6-4-13-3-5(7(6)12)8(10)11/h3-4,8H,2H2,1H3,(H2,12,13). The maximum atomic E-state index is 12.4. The molecule has 0 atom stereocenters. The molecule has 1 heterocycles. The highest BCUT2D eigenvalue weighted by Gasteiger charge is 2.19. The summed E-state index contributed by atoms with van der Waals surface area (Å²) in [5.74, 6) is -0.745. The molecule has 0 fully saturated rings. The second-order valence-corrected chi connectivity index (χ2v) is 2.71. The molecule has 0 aromatic carbocycles. The third kappa shape index (κ3) is 2.39. The summed E-state index contributed by atoms with van der Waals surface area (Å²) in [6, 6.07) is 0. The minimum atomic E-state index is -2.76. The van der Waals surface area contributed by atoms with E-state index in [0.717, 1.165) is 12.4 Å². The van der Waals surface area contributed by atoms with E-state index in [2.05, 4.69) is 9.72 Å². The van der Waals surface area contributed by atoms with Gasteiger partial charge in [-0.15, -0.1) is 0 Å². The Labute approximate surface area is 85.1 Å². The SMILES string of the molecule is CCOC(=O)c1cncc(C(F)F)c1N. The van der Waals surface area contributed by atoms with Gasteiger partial charge in [0.1, 0.15) is 5.56 Å². The summed E-state index contributed by atoms with van der Waals surface area (Å²) in [6.07, 6.45) is -0.714. The Bertz CT molecular complexity index is 369. The lowest BCUT2D eigenvalue weighted by molar-refractivity contribution is 0.0527. The molecule has 15 heavy (non-hydrogen) atoms. The Kier molecular flexibility index (Phi) is 3.54. The van der Waals surface area contributed by atoms with Crippen molar-refractivity contribution < 1.29 is 18.3 Å². The number of aromatic nitrogens is 1. The molecule has 0 saturated carbocycles. The lowest BCUT2D eigenvalue weighted by Crippen LogP contribution is -2.10. The van der Waals surface area contributed by atoms with Gasteiger partial charge in [-0.25, -0.2) is 13.6 Å². The Morgan fingerprint density at radius 1 is 1.60 bits per heavy atom. The van der Waals surface area contributed by atoms with Crippen molar-refractivity contribution in [1.82, 2.24) is 4.98 Å². The lowest BCUT2D eigenvalue weighted by atomic mass is 10.1. The van der Waals surface area contributed by atoms with Gasteiger partial charge in [-0.05, 0) is 6.92 Å². The number of alkyl halides is 2. The van der Waals surface area contributed by atoms with E-state index in [1.54, 1.807) is 6.92 Å². The summed E-state index contributed by atoms with van der Waals surface area (Å²) >= 11 is 0. The number of esters is 1. The zero-order valence-electron chi connectivity index (χ0n) is 8.04. The maximum Gasteiger partial charge on any atom is 0.341 e. The molecular weight excluding hydrogens is 206 g/mol. The third-order valence-electron chi connectivity index (χ3n) is 1.75. The van der Waals surface area contributed by atoms with Gasteiger partial charge in [0.2, 0.25) is 0 Å². The summed E-state index contributed by atoms with van der Waals surface area (Å²) in [6.45, 7) is 1.76. The first-order valence-corrected chi connectivity index (χ1v) is 4.26. The summed E-state index contributed by atoms with van der Waals surface area (Å²) in [5.41, 5.74) is 4.53. The molecule has 6 heteroatoms. The van der Waals surface area contributed by atoms with E-state index in [1.807, 2.05) is 0 Å². The van der Waals surface area contributed by atoms with E-state index >= 15 is 0 Å². The number of halogens is 2. The van der Waals surface area contributed by atoms with Crippen molar-refractivity contribution in [2.24, 2.45) is 0 Å². The molecule has 1 rings (SSSR count). The normalized spacial score (nSPS) is 10.4. The number of hydrogen-bond acceptors (Lipinski definition) is 4. The summed E-state index contributed by atoms with van der Waals surface area (Å²) in [7, 11) is 0. The second-order valence-electron chi connectivity index (χ2n) is 2.71. The summed E-state index contributed by atoms with van der Waals surface area (Å²) in [4.78, 5) is 14.8. The zero-order chi connectivity index (χ0) is 11.4. The predicted molar refractivity (Wildman–Crippen MR) is 49.6 cm³/mol. The largest absolute Gasteiger partial charge is 0.462 e. The van der Waals surface area contributed by atoms with Gasteiger partial charge in [0.15, 0.2) is 0 Å². The van der Waals surface area contributed by atoms with Crippen molar-refractivity contribution in [3.8, 4) is 0 Å². The molecule has 0 spiro atoms. The summed E-state index contributed by atoms with van der Waals surface area (Å²) in [5, 5.41) is 0. The van der Waals surface area contributed by atoms with Gasteiger partial charge in [-0.2, -0.15) is 0 Å². The molecule has 0 unspecified atom stereocenters. The van der Waals surface area contributed by atoms with Crippen LogP contribution in [0.5, 0.6) is 0 Å². The fraction of sp³-hybridized carbons (Fsp3) is 0.333. The molecular formula is C9H10F2N2O2. The first kappa shape index (κ1) is 11.4. The van der Waals surface area contributed by atoms with Crippen molar-refractivity contribution >= 4 is 11.7 Å². The van der Waals surface area contributed by atoms with Gasteiger partial charge in [0, 0.05) is 12.4 Å². The predicted octanol–water partition coefficient (Wildman–Crippen LogP) is 1.78. The van der Waals surface area contributed by atoms with Gasteiger partial charge < -0.3 is 10.5 Å². The van der Waals surface area contributed by atoms with Crippen LogP contribution in [0.4, 0.5) is 14.5 Å². The highest BCUT2D eigenvalue weighted by Crippen LogP contribution is 2.26. The third-order valence-corrected chi connectivity index (χ3v) is 1.75. The van der Waals surface area contributed by atoms with Crippen LogP contribution >= 0.6 is 0 Å². The lowest BCUT2D eigenvalue weighted by Gasteiger charge is -2.08. The highest BCUT2D eigenvalue weighted by atomic mass is 19.3. The van der Waals surface area contributed by atoms with Crippen LogP contribution in [0.2, 0.25) is 0 Å². The quantitative estimate of drug-likeness (QED) is 0.782. The fourth-order valence-electron chi connectivity index (χ4n) is 1.03. The molecule has 82 valence electrons. The first-order chi connectivity index (χ1) is 7.07. The Balaban J connectivity index is 3.09. The molecule has 0 amide bonds. The molecule has 0 aliphatic heterocycles. The van der Waals surface area contributed by atoms with Crippen LogP contribution in [0.15, 0.2) is 12.4 Å². The first-order valence-electron chi connectivity index (χ1n) is 4.26. The number of carbonyl (C=O) groups is 1. The van der Waals surface area contributed by atoms with E-state index in [9.17, 15) is 13.6 Å².